The Hall–Kier alpha value is -2.22. The van der Waals surface area contributed by atoms with Crippen LogP contribution in [0.3, 0.4) is 0 Å². The number of carbonyl (C=O) groups excluding carboxylic acids is 1. The Morgan fingerprint density at radius 2 is 2.04 bits per heavy atom. The van der Waals surface area contributed by atoms with Crippen molar-refractivity contribution in [3.63, 3.8) is 0 Å². The molecule has 2 N–H and O–H groups in total. The first-order valence-electron chi connectivity index (χ1n) is 9.52. The summed E-state index contributed by atoms with van der Waals surface area (Å²) in [7, 11) is 0. The second-order valence-corrected chi connectivity index (χ2v) is 7.52. The van der Waals surface area contributed by atoms with E-state index in [0.29, 0.717) is 31.3 Å². The van der Waals surface area contributed by atoms with Gasteiger partial charge in [-0.2, -0.15) is 13.2 Å². The van der Waals surface area contributed by atoms with Crippen molar-refractivity contribution in [3.05, 3.63) is 23.9 Å². The van der Waals surface area contributed by atoms with E-state index < -0.39 is 12.7 Å². The summed E-state index contributed by atoms with van der Waals surface area (Å²) in [6, 6.07) is 3.85. The van der Waals surface area contributed by atoms with Crippen molar-refractivity contribution in [2.75, 3.05) is 31.6 Å². The third-order valence-corrected chi connectivity index (χ3v) is 5.18. The van der Waals surface area contributed by atoms with Crippen molar-refractivity contribution >= 4 is 22.5 Å². The molecule has 154 valence electrons. The molecule has 2 heterocycles. The van der Waals surface area contributed by atoms with E-state index in [1.165, 1.54) is 11.8 Å². The lowest BCUT2D eigenvalue weighted by atomic mass is 9.94. The average molecular weight is 397 g/mol. The molecule has 0 unspecified atom stereocenters. The largest absolute Gasteiger partial charge is 0.494 e. The highest BCUT2D eigenvalue weighted by Crippen LogP contribution is 2.31. The number of carbonyl (C=O) groups is 1. The van der Waals surface area contributed by atoms with Crippen LogP contribution in [0.2, 0.25) is 0 Å². The van der Waals surface area contributed by atoms with E-state index in [-0.39, 0.29) is 5.91 Å². The Morgan fingerprint density at radius 3 is 2.68 bits per heavy atom. The van der Waals surface area contributed by atoms with Gasteiger partial charge in [0, 0.05) is 18.5 Å². The number of piperidine rings is 1. The summed E-state index contributed by atoms with van der Waals surface area (Å²) in [6.45, 7) is 4.11. The van der Waals surface area contributed by atoms with Gasteiger partial charge in [0.15, 0.2) is 0 Å². The summed E-state index contributed by atoms with van der Waals surface area (Å²) in [5.41, 5.74) is 2.69. The number of alkyl halides is 3. The van der Waals surface area contributed by atoms with Gasteiger partial charge in [-0.25, -0.2) is 0 Å². The van der Waals surface area contributed by atoms with E-state index in [1.54, 1.807) is 6.20 Å². The lowest BCUT2D eigenvalue weighted by molar-refractivity contribution is -0.148. The topological polar surface area (TPSA) is 57.4 Å². The molecule has 1 aliphatic heterocycles. The molecule has 1 aliphatic rings. The Morgan fingerprint density at radius 1 is 1.32 bits per heavy atom. The molecule has 0 bridgehead atoms. The van der Waals surface area contributed by atoms with Crippen LogP contribution in [0.4, 0.5) is 18.9 Å². The fourth-order valence-corrected chi connectivity index (χ4v) is 3.79. The maximum atomic E-state index is 12.5. The molecule has 1 saturated heterocycles. The first kappa shape index (κ1) is 20.5. The normalized spacial score (nSPS) is 16.5. The summed E-state index contributed by atoms with van der Waals surface area (Å²) in [5, 5.41) is 3.69. The molecule has 0 saturated carbocycles. The molecule has 0 spiro atoms. The third-order valence-electron chi connectivity index (χ3n) is 5.18. The van der Waals surface area contributed by atoms with Gasteiger partial charge in [0.2, 0.25) is 5.91 Å². The van der Waals surface area contributed by atoms with Crippen LogP contribution in [0.25, 0.3) is 10.9 Å². The van der Waals surface area contributed by atoms with E-state index in [1.807, 2.05) is 19.1 Å². The predicted molar refractivity (Wildman–Crippen MR) is 103 cm³/mol. The summed E-state index contributed by atoms with van der Waals surface area (Å²) in [6.07, 6.45) is -0.00896. The molecule has 2 aromatic rings. The monoisotopic (exact) mass is 397 g/mol. The number of anilines is 1. The molecule has 1 aromatic heterocycles. The first-order valence-corrected chi connectivity index (χ1v) is 9.52. The zero-order valence-corrected chi connectivity index (χ0v) is 16.2. The highest BCUT2D eigenvalue weighted by Gasteiger charge is 2.32. The van der Waals surface area contributed by atoms with E-state index in [0.717, 1.165) is 41.5 Å². The van der Waals surface area contributed by atoms with Crippen LogP contribution in [0.15, 0.2) is 18.3 Å². The number of benzene rings is 1. The first-order chi connectivity index (χ1) is 13.2. The van der Waals surface area contributed by atoms with Crippen molar-refractivity contribution in [2.24, 2.45) is 5.92 Å². The molecule has 1 fully saturated rings. The summed E-state index contributed by atoms with van der Waals surface area (Å²) >= 11 is 0. The van der Waals surface area contributed by atoms with Gasteiger partial charge in [-0.15, -0.1) is 0 Å². The maximum absolute atomic E-state index is 12.5. The number of aryl methyl sites for hydroxylation is 1. The highest BCUT2D eigenvalue weighted by molar-refractivity contribution is 6.02. The molecule has 8 heteroatoms. The fourth-order valence-electron chi connectivity index (χ4n) is 3.79. The quantitative estimate of drug-likeness (QED) is 0.756. The lowest BCUT2D eigenvalue weighted by Gasteiger charge is -2.32. The van der Waals surface area contributed by atoms with Gasteiger partial charge in [0.1, 0.15) is 5.75 Å². The molecule has 28 heavy (non-hydrogen) atoms. The molecule has 1 amide bonds. The molecule has 5 nitrogen and oxygen atoms in total. The SMILES string of the molecule is CC(=O)Nc1c[nH]c2c(C)cc(OCCC3CCN(CC(F)(F)F)CC3)cc12. The summed E-state index contributed by atoms with van der Waals surface area (Å²) in [4.78, 5) is 16.0. The van der Waals surface area contributed by atoms with Crippen molar-refractivity contribution in [1.82, 2.24) is 9.88 Å². The zero-order valence-electron chi connectivity index (χ0n) is 16.2. The number of halogens is 3. The zero-order chi connectivity index (χ0) is 20.3. The second kappa shape index (κ2) is 8.43. The molecule has 3 rings (SSSR count). The summed E-state index contributed by atoms with van der Waals surface area (Å²) in [5.74, 6) is 0.976. The van der Waals surface area contributed by atoms with Crippen LogP contribution in [0.1, 0.15) is 31.7 Å². The van der Waals surface area contributed by atoms with Gasteiger partial charge in [-0.1, -0.05) is 0 Å². The highest BCUT2D eigenvalue weighted by atomic mass is 19.4. The van der Waals surface area contributed by atoms with Crippen molar-refractivity contribution in [2.45, 2.75) is 39.3 Å². The number of aromatic amines is 1. The minimum Gasteiger partial charge on any atom is -0.494 e. The van der Waals surface area contributed by atoms with Crippen LogP contribution < -0.4 is 10.1 Å². The Kier molecular flexibility index (Phi) is 6.17. The Labute approximate surface area is 162 Å². The standard InChI is InChI=1S/C20H26F3N3O2/c1-13-9-16(10-17-18(25-14(2)27)11-24-19(13)17)28-8-5-15-3-6-26(7-4-15)12-20(21,22)23/h9-11,15,24H,3-8,12H2,1-2H3,(H,25,27). The van der Waals surface area contributed by atoms with Gasteiger partial charge in [-0.3, -0.25) is 9.69 Å². The van der Waals surface area contributed by atoms with Crippen LogP contribution in [-0.4, -0.2) is 48.2 Å². The number of hydrogen-bond donors (Lipinski definition) is 2. The third kappa shape index (κ3) is 5.41. The van der Waals surface area contributed by atoms with Crippen LogP contribution in [0.5, 0.6) is 5.75 Å². The second-order valence-electron chi connectivity index (χ2n) is 7.52. The number of rotatable bonds is 6. The van der Waals surface area contributed by atoms with Crippen LogP contribution in [0, 0.1) is 12.8 Å². The van der Waals surface area contributed by atoms with E-state index in [9.17, 15) is 18.0 Å². The molecule has 1 aromatic carbocycles. The number of nitrogens with one attached hydrogen (secondary N) is 2. The van der Waals surface area contributed by atoms with Gasteiger partial charge >= 0.3 is 6.18 Å². The van der Waals surface area contributed by atoms with Gasteiger partial charge in [0.05, 0.1) is 24.4 Å². The van der Waals surface area contributed by atoms with Crippen LogP contribution >= 0.6 is 0 Å². The fraction of sp³-hybridized carbons (Fsp3) is 0.550. The Bertz CT molecular complexity index is 824. The van der Waals surface area contributed by atoms with Gasteiger partial charge < -0.3 is 15.0 Å². The number of likely N-dealkylation sites (tertiary alicyclic amines) is 1. The number of aromatic nitrogens is 1. The number of hydrogen-bond acceptors (Lipinski definition) is 3. The number of fused-ring (bicyclic) bond motifs is 1. The molecule has 0 aliphatic carbocycles. The number of nitrogens with zero attached hydrogens (tertiary/aromatic N) is 1. The number of ether oxygens (including phenoxy) is 1. The van der Waals surface area contributed by atoms with Crippen molar-refractivity contribution < 1.29 is 22.7 Å². The van der Waals surface area contributed by atoms with E-state index in [4.69, 9.17) is 4.74 Å². The smallest absolute Gasteiger partial charge is 0.401 e. The maximum Gasteiger partial charge on any atom is 0.401 e. The minimum absolute atomic E-state index is 0.137. The molecular formula is C20H26F3N3O2. The van der Waals surface area contributed by atoms with E-state index >= 15 is 0 Å². The molecule has 0 atom stereocenters. The van der Waals surface area contributed by atoms with Crippen molar-refractivity contribution in [3.8, 4) is 5.75 Å². The summed E-state index contributed by atoms with van der Waals surface area (Å²) < 4.78 is 43.3. The lowest BCUT2D eigenvalue weighted by Crippen LogP contribution is -2.40. The minimum atomic E-state index is -4.12. The number of amides is 1. The Balaban J connectivity index is 1.52. The average Bonchev–Trinajstić information content (AvgIpc) is 2.98. The van der Waals surface area contributed by atoms with Gasteiger partial charge in [-0.05, 0) is 62.9 Å². The van der Waals surface area contributed by atoms with Crippen LogP contribution in [-0.2, 0) is 4.79 Å². The predicted octanol–water partition coefficient (Wildman–Crippen LogP) is 4.48. The van der Waals surface area contributed by atoms with E-state index in [2.05, 4.69) is 10.3 Å². The van der Waals surface area contributed by atoms with Gasteiger partial charge in [0.25, 0.3) is 0 Å². The molecular weight excluding hydrogens is 371 g/mol. The van der Waals surface area contributed by atoms with Crippen molar-refractivity contribution in [1.29, 1.82) is 0 Å². The molecule has 0 radical (unpaired) electrons. The number of H-pyrrole nitrogens is 1.